The number of hydrogen-bond donors (Lipinski definition) is 1. The number of benzene rings is 2. The molecule has 0 spiro atoms. The van der Waals surface area contributed by atoms with E-state index in [4.69, 9.17) is 5.73 Å². The van der Waals surface area contributed by atoms with Crippen molar-refractivity contribution in [2.75, 3.05) is 5.73 Å². The normalized spacial score (nSPS) is 11.6. The number of hydrogen-bond acceptors (Lipinski definition) is 3. The van der Waals surface area contributed by atoms with Crippen LogP contribution in [0.25, 0.3) is 0 Å². The van der Waals surface area contributed by atoms with Gasteiger partial charge in [-0.1, -0.05) is 23.8 Å². The van der Waals surface area contributed by atoms with Gasteiger partial charge in [0, 0.05) is 0 Å². The molecule has 2 N–H and O–H groups in total. The van der Waals surface area contributed by atoms with Gasteiger partial charge >= 0.3 is 0 Å². The van der Waals surface area contributed by atoms with Gasteiger partial charge in [-0.2, -0.15) is 0 Å². The van der Waals surface area contributed by atoms with Gasteiger partial charge in [-0.05, 0) is 62.1 Å². The van der Waals surface area contributed by atoms with Crippen molar-refractivity contribution in [3.05, 3.63) is 58.1 Å². The predicted octanol–water partition coefficient (Wildman–Crippen LogP) is 3.48. The van der Waals surface area contributed by atoms with Crippen LogP contribution in [0.1, 0.15) is 27.8 Å². The third-order valence-corrected chi connectivity index (χ3v) is 5.39. The summed E-state index contributed by atoms with van der Waals surface area (Å²) in [5.74, 6) is -0.0157. The zero-order valence-corrected chi connectivity index (χ0v) is 13.7. The van der Waals surface area contributed by atoms with Crippen LogP contribution in [0.3, 0.4) is 0 Å². The Hall–Kier alpha value is -1.81. The summed E-state index contributed by atoms with van der Waals surface area (Å²) in [6, 6.07) is 9.09. The Labute approximate surface area is 126 Å². The highest BCUT2D eigenvalue weighted by molar-refractivity contribution is 7.90. The standard InChI is InChI=1S/C17H21NO2S/c1-11-5-6-17(16(18)9-11)21(19,20)10-15-13(3)7-12(2)8-14(15)4/h5-9H,10,18H2,1-4H3. The Bertz CT molecular complexity index is 769. The molecule has 0 saturated heterocycles. The fraction of sp³-hybridized carbons (Fsp3) is 0.294. The highest BCUT2D eigenvalue weighted by Gasteiger charge is 2.20. The van der Waals surface area contributed by atoms with Gasteiger partial charge < -0.3 is 5.73 Å². The lowest BCUT2D eigenvalue weighted by Gasteiger charge is -2.13. The van der Waals surface area contributed by atoms with E-state index in [0.717, 1.165) is 27.8 Å². The molecule has 0 aliphatic heterocycles. The molecule has 112 valence electrons. The molecule has 0 atom stereocenters. The van der Waals surface area contributed by atoms with Gasteiger partial charge in [0.2, 0.25) is 0 Å². The summed E-state index contributed by atoms with van der Waals surface area (Å²) in [6.07, 6.45) is 0. The first-order chi connectivity index (χ1) is 9.70. The van der Waals surface area contributed by atoms with Crippen LogP contribution >= 0.6 is 0 Å². The second kappa shape index (κ2) is 5.53. The Balaban J connectivity index is 2.47. The maximum Gasteiger partial charge on any atom is 0.184 e. The van der Waals surface area contributed by atoms with Crippen molar-refractivity contribution in [3.8, 4) is 0 Å². The number of nitrogen functional groups attached to an aromatic ring is 1. The molecule has 21 heavy (non-hydrogen) atoms. The van der Waals surface area contributed by atoms with Crippen LogP contribution in [0.5, 0.6) is 0 Å². The molecule has 4 heteroatoms. The lowest BCUT2D eigenvalue weighted by Crippen LogP contribution is -2.10. The maximum absolute atomic E-state index is 12.6. The smallest absolute Gasteiger partial charge is 0.184 e. The third kappa shape index (κ3) is 3.27. The molecule has 0 aliphatic carbocycles. The summed E-state index contributed by atoms with van der Waals surface area (Å²) in [6.45, 7) is 7.80. The van der Waals surface area contributed by atoms with E-state index in [0.29, 0.717) is 5.69 Å². The van der Waals surface area contributed by atoms with Crippen molar-refractivity contribution in [2.45, 2.75) is 38.3 Å². The summed E-state index contributed by atoms with van der Waals surface area (Å²) >= 11 is 0. The minimum absolute atomic E-state index is 0.0157. The quantitative estimate of drug-likeness (QED) is 0.883. The molecule has 0 saturated carbocycles. The molecule has 0 heterocycles. The number of sulfone groups is 1. The summed E-state index contributed by atoms with van der Waals surface area (Å²) < 4.78 is 25.3. The monoisotopic (exact) mass is 303 g/mol. The summed E-state index contributed by atoms with van der Waals surface area (Å²) in [4.78, 5) is 0.215. The van der Waals surface area contributed by atoms with Crippen molar-refractivity contribution in [3.63, 3.8) is 0 Å². The van der Waals surface area contributed by atoms with Crippen LogP contribution in [0, 0.1) is 27.7 Å². The topological polar surface area (TPSA) is 60.2 Å². The number of anilines is 1. The first-order valence-electron chi connectivity index (χ1n) is 6.86. The molecule has 0 unspecified atom stereocenters. The van der Waals surface area contributed by atoms with Crippen molar-refractivity contribution in [1.29, 1.82) is 0 Å². The molecule has 2 rings (SSSR count). The van der Waals surface area contributed by atoms with Gasteiger partial charge in [0.05, 0.1) is 16.3 Å². The lowest BCUT2D eigenvalue weighted by atomic mass is 10.0. The van der Waals surface area contributed by atoms with Crippen LogP contribution in [-0.2, 0) is 15.6 Å². The third-order valence-electron chi connectivity index (χ3n) is 3.68. The van der Waals surface area contributed by atoms with Gasteiger partial charge in [-0.3, -0.25) is 0 Å². The molecule has 0 aromatic heterocycles. The van der Waals surface area contributed by atoms with Gasteiger partial charge in [0.25, 0.3) is 0 Å². The second-order valence-corrected chi connectivity index (χ2v) is 7.64. The Kier molecular flexibility index (Phi) is 4.10. The molecule has 0 fully saturated rings. The van der Waals surface area contributed by atoms with Crippen molar-refractivity contribution in [2.24, 2.45) is 0 Å². The van der Waals surface area contributed by atoms with Gasteiger partial charge in [0.15, 0.2) is 9.84 Å². The molecule has 2 aromatic rings. The minimum Gasteiger partial charge on any atom is -0.398 e. The van der Waals surface area contributed by atoms with E-state index < -0.39 is 9.84 Å². The Morgan fingerprint density at radius 3 is 2.00 bits per heavy atom. The van der Waals surface area contributed by atoms with E-state index >= 15 is 0 Å². The van der Waals surface area contributed by atoms with Crippen molar-refractivity contribution >= 4 is 15.5 Å². The van der Waals surface area contributed by atoms with E-state index in [2.05, 4.69) is 0 Å². The largest absolute Gasteiger partial charge is 0.398 e. The SMILES string of the molecule is Cc1cc(C)c(CS(=O)(=O)c2ccc(C)cc2N)c(C)c1. The fourth-order valence-corrected chi connectivity index (χ4v) is 4.34. The fourth-order valence-electron chi connectivity index (χ4n) is 2.66. The second-order valence-electron chi connectivity index (χ2n) is 5.68. The lowest BCUT2D eigenvalue weighted by molar-refractivity contribution is 0.595. The first kappa shape index (κ1) is 15.6. The van der Waals surface area contributed by atoms with Gasteiger partial charge in [-0.25, -0.2) is 8.42 Å². The zero-order valence-electron chi connectivity index (χ0n) is 12.9. The molecule has 2 aromatic carbocycles. The average Bonchev–Trinajstić information content (AvgIpc) is 2.33. The maximum atomic E-state index is 12.6. The number of nitrogens with two attached hydrogens (primary N) is 1. The molecule has 0 amide bonds. The Morgan fingerprint density at radius 1 is 0.905 bits per heavy atom. The summed E-state index contributed by atoms with van der Waals surface area (Å²) in [7, 11) is -3.44. The van der Waals surface area contributed by atoms with Gasteiger partial charge in [-0.15, -0.1) is 0 Å². The summed E-state index contributed by atoms with van der Waals surface area (Å²) in [5, 5.41) is 0. The highest BCUT2D eigenvalue weighted by Crippen LogP contribution is 2.26. The van der Waals surface area contributed by atoms with Crippen LogP contribution in [-0.4, -0.2) is 8.42 Å². The molecular weight excluding hydrogens is 282 g/mol. The van der Waals surface area contributed by atoms with E-state index in [1.807, 2.05) is 39.8 Å². The van der Waals surface area contributed by atoms with E-state index in [-0.39, 0.29) is 10.6 Å². The van der Waals surface area contributed by atoms with E-state index in [1.165, 1.54) is 0 Å². The van der Waals surface area contributed by atoms with Crippen LogP contribution in [0.4, 0.5) is 5.69 Å². The molecule has 0 radical (unpaired) electrons. The van der Waals surface area contributed by atoms with Crippen molar-refractivity contribution < 1.29 is 8.42 Å². The average molecular weight is 303 g/mol. The van der Waals surface area contributed by atoms with E-state index in [9.17, 15) is 8.42 Å². The minimum atomic E-state index is -3.44. The first-order valence-corrected chi connectivity index (χ1v) is 8.51. The van der Waals surface area contributed by atoms with Gasteiger partial charge in [0.1, 0.15) is 0 Å². The zero-order chi connectivity index (χ0) is 15.8. The molecule has 3 nitrogen and oxygen atoms in total. The van der Waals surface area contributed by atoms with Crippen LogP contribution in [0.15, 0.2) is 35.2 Å². The number of rotatable bonds is 3. The molecule has 0 bridgehead atoms. The van der Waals surface area contributed by atoms with Crippen LogP contribution < -0.4 is 5.73 Å². The predicted molar refractivity (Wildman–Crippen MR) is 87.1 cm³/mol. The van der Waals surface area contributed by atoms with Crippen molar-refractivity contribution in [1.82, 2.24) is 0 Å². The summed E-state index contributed by atoms with van der Waals surface area (Å²) in [5.41, 5.74) is 11.2. The Morgan fingerprint density at radius 2 is 1.48 bits per heavy atom. The van der Waals surface area contributed by atoms with E-state index in [1.54, 1.807) is 18.2 Å². The number of aryl methyl sites for hydroxylation is 4. The molecule has 0 aliphatic rings. The highest BCUT2D eigenvalue weighted by atomic mass is 32.2. The van der Waals surface area contributed by atoms with Crippen LogP contribution in [0.2, 0.25) is 0 Å². The molecular formula is C17H21NO2S.